The monoisotopic (exact) mass is 343 g/mol. The van der Waals surface area contributed by atoms with Crippen LogP contribution in [0.15, 0.2) is 57.8 Å². The topological polar surface area (TPSA) is 32.0 Å². The van der Waals surface area contributed by atoms with Gasteiger partial charge in [0.25, 0.3) is 0 Å². The Balaban J connectivity index is 1.46. The minimum Gasteiger partial charge on any atom is -0.465 e. The summed E-state index contributed by atoms with van der Waals surface area (Å²) in [4.78, 5) is 2.45. The Bertz CT molecular complexity index is 684. The number of piperazine rings is 1. The van der Waals surface area contributed by atoms with Crippen molar-refractivity contribution >= 4 is 23.9 Å². The molecule has 2 aromatic rings. The number of allylic oxidation sites excluding steroid dienone is 1. The summed E-state index contributed by atoms with van der Waals surface area (Å²) in [5.74, 6) is 0.853. The lowest BCUT2D eigenvalue weighted by atomic mass is 10.2. The molecule has 24 heavy (non-hydrogen) atoms. The van der Waals surface area contributed by atoms with E-state index >= 15 is 0 Å². The lowest BCUT2D eigenvalue weighted by molar-refractivity contribution is 0.131. The third-order valence-electron chi connectivity index (χ3n) is 4.01. The summed E-state index contributed by atoms with van der Waals surface area (Å²) >= 11 is 5.93. The van der Waals surface area contributed by atoms with Gasteiger partial charge >= 0.3 is 0 Å². The number of halogens is 1. The molecule has 0 unspecified atom stereocenters. The van der Waals surface area contributed by atoms with Gasteiger partial charge in [-0.2, -0.15) is 5.10 Å². The average molecular weight is 344 g/mol. The van der Waals surface area contributed by atoms with Gasteiger partial charge < -0.3 is 4.42 Å². The van der Waals surface area contributed by atoms with Crippen LogP contribution in [-0.4, -0.2) is 42.3 Å². The number of furan rings is 1. The van der Waals surface area contributed by atoms with Crippen LogP contribution in [0, 0.1) is 0 Å². The Morgan fingerprint density at radius 2 is 1.92 bits per heavy atom. The first-order valence-corrected chi connectivity index (χ1v) is 8.54. The zero-order chi connectivity index (χ0) is 16.8. The maximum Gasteiger partial charge on any atom is 0.126 e. The maximum absolute atomic E-state index is 5.93. The number of hydrazone groups is 1. The lowest BCUT2D eigenvalue weighted by Crippen LogP contribution is -2.43. The highest BCUT2D eigenvalue weighted by Gasteiger charge is 2.15. The van der Waals surface area contributed by atoms with Crippen LogP contribution in [0.1, 0.15) is 18.2 Å². The molecule has 0 radical (unpaired) electrons. The van der Waals surface area contributed by atoms with Gasteiger partial charge in [-0.1, -0.05) is 23.7 Å². The second-order valence-electron chi connectivity index (χ2n) is 6.00. The Labute approximate surface area is 148 Å². The highest BCUT2D eigenvalue weighted by atomic mass is 35.5. The van der Waals surface area contributed by atoms with Crippen molar-refractivity contribution in [3.05, 3.63) is 64.6 Å². The molecule has 0 spiro atoms. The number of rotatable bonds is 5. The van der Waals surface area contributed by atoms with Crippen LogP contribution in [0.4, 0.5) is 0 Å². The summed E-state index contributed by atoms with van der Waals surface area (Å²) in [6, 6.07) is 11.9. The molecule has 0 amide bonds. The van der Waals surface area contributed by atoms with Crippen molar-refractivity contribution in [2.75, 3.05) is 26.2 Å². The van der Waals surface area contributed by atoms with Gasteiger partial charge in [-0.05, 0) is 48.4 Å². The van der Waals surface area contributed by atoms with E-state index in [9.17, 15) is 0 Å². The van der Waals surface area contributed by atoms with E-state index in [1.165, 1.54) is 5.56 Å². The van der Waals surface area contributed by atoms with Crippen LogP contribution in [0.3, 0.4) is 0 Å². The van der Waals surface area contributed by atoms with Crippen molar-refractivity contribution in [1.29, 1.82) is 0 Å². The lowest BCUT2D eigenvalue weighted by Gasteiger charge is -2.33. The van der Waals surface area contributed by atoms with Crippen molar-refractivity contribution in [2.24, 2.45) is 5.10 Å². The number of benzene rings is 1. The number of nitrogens with zero attached hydrogens (tertiary/aromatic N) is 3. The molecular weight excluding hydrogens is 322 g/mol. The molecule has 4 nitrogen and oxygen atoms in total. The van der Waals surface area contributed by atoms with Gasteiger partial charge in [0.2, 0.25) is 0 Å². The Hall–Kier alpha value is -2.04. The van der Waals surface area contributed by atoms with Crippen LogP contribution in [0.25, 0.3) is 6.08 Å². The predicted molar refractivity (Wildman–Crippen MR) is 99.2 cm³/mol. The van der Waals surface area contributed by atoms with Crippen molar-refractivity contribution in [3.63, 3.8) is 0 Å². The van der Waals surface area contributed by atoms with Crippen LogP contribution in [-0.2, 0) is 6.54 Å². The number of hydrogen-bond acceptors (Lipinski definition) is 4. The molecular formula is C19H22ClN3O. The van der Waals surface area contributed by atoms with Gasteiger partial charge in [0.05, 0.1) is 12.5 Å². The van der Waals surface area contributed by atoms with E-state index in [0.717, 1.165) is 49.1 Å². The molecule has 0 N–H and O–H groups in total. The summed E-state index contributed by atoms with van der Waals surface area (Å²) in [6.07, 6.45) is 5.56. The third-order valence-corrected chi connectivity index (χ3v) is 4.26. The summed E-state index contributed by atoms with van der Waals surface area (Å²) in [7, 11) is 0. The zero-order valence-corrected chi connectivity index (χ0v) is 14.6. The molecule has 0 aliphatic carbocycles. The fraction of sp³-hybridized carbons (Fsp3) is 0.316. The van der Waals surface area contributed by atoms with Crippen molar-refractivity contribution in [2.45, 2.75) is 13.5 Å². The van der Waals surface area contributed by atoms with E-state index in [0.29, 0.717) is 0 Å². The molecule has 0 atom stereocenters. The van der Waals surface area contributed by atoms with Gasteiger partial charge in [-0.3, -0.25) is 9.91 Å². The van der Waals surface area contributed by atoms with E-state index in [1.54, 1.807) is 6.26 Å². The van der Waals surface area contributed by atoms with Gasteiger partial charge in [-0.25, -0.2) is 0 Å². The van der Waals surface area contributed by atoms with Crippen molar-refractivity contribution in [3.8, 4) is 0 Å². The smallest absolute Gasteiger partial charge is 0.126 e. The van der Waals surface area contributed by atoms with Gasteiger partial charge in [0.15, 0.2) is 0 Å². The minimum atomic E-state index is 0.788. The van der Waals surface area contributed by atoms with Crippen molar-refractivity contribution in [1.82, 2.24) is 9.91 Å². The van der Waals surface area contributed by atoms with E-state index in [1.807, 2.05) is 43.5 Å². The summed E-state index contributed by atoms with van der Waals surface area (Å²) in [5, 5.41) is 7.48. The largest absolute Gasteiger partial charge is 0.465 e. The average Bonchev–Trinajstić information content (AvgIpc) is 3.09. The highest BCUT2D eigenvalue weighted by molar-refractivity contribution is 6.30. The van der Waals surface area contributed by atoms with E-state index in [4.69, 9.17) is 16.0 Å². The highest BCUT2D eigenvalue weighted by Crippen LogP contribution is 2.13. The van der Waals surface area contributed by atoms with E-state index in [2.05, 4.69) is 27.1 Å². The normalized spacial score (nSPS) is 16.9. The van der Waals surface area contributed by atoms with Gasteiger partial charge in [-0.15, -0.1) is 0 Å². The van der Waals surface area contributed by atoms with E-state index in [-0.39, 0.29) is 0 Å². The second-order valence-corrected chi connectivity index (χ2v) is 6.44. The Morgan fingerprint density at radius 3 is 2.58 bits per heavy atom. The molecule has 1 aromatic carbocycles. The van der Waals surface area contributed by atoms with Crippen LogP contribution in [0.5, 0.6) is 0 Å². The first-order chi connectivity index (χ1) is 11.7. The summed E-state index contributed by atoms with van der Waals surface area (Å²) in [6.45, 7) is 6.91. The fourth-order valence-corrected chi connectivity index (χ4v) is 2.79. The molecule has 1 fully saturated rings. The van der Waals surface area contributed by atoms with Crippen LogP contribution >= 0.6 is 11.6 Å². The first kappa shape index (κ1) is 16.8. The van der Waals surface area contributed by atoms with E-state index < -0.39 is 0 Å². The molecule has 126 valence electrons. The SMILES string of the molecule is CC(/C=N/N1CCN(Cc2ccc(Cl)cc2)CC1)=C\c1ccco1. The summed E-state index contributed by atoms with van der Waals surface area (Å²) < 4.78 is 5.31. The molecule has 5 heteroatoms. The number of hydrogen-bond donors (Lipinski definition) is 0. The quantitative estimate of drug-likeness (QED) is 0.765. The molecule has 0 bridgehead atoms. The molecule has 1 aliphatic heterocycles. The zero-order valence-electron chi connectivity index (χ0n) is 13.9. The molecule has 1 aromatic heterocycles. The molecule has 0 saturated carbocycles. The molecule has 2 heterocycles. The van der Waals surface area contributed by atoms with Crippen molar-refractivity contribution < 1.29 is 4.42 Å². The third kappa shape index (κ3) is 4.98. The molecule has 1 aliphatic rings. The first-order valence-electron chi connectivity index (χ1n) is 8.16. The molecule has 3 rings (SSSR count). The minimum absolute atomic E-state index is 0.788. The van der Waals surface area contributed by atoms with Crippen LogP contribution < -0.4 is 0 Å². The standard InChI is InChI=1S/C19H22ClN3O/c1-16(13-19-3-2-12-24-19)14-21-23-10-8-22(9-11-23)15-17-4-6-18(20)7-5-17/h2-7,12-14H,8-11,15H2,1H3/b16-13+,21-14+. The fourth-order valence-electron chi connectivity index (χ4n) is 2.67. The predicted octanol–water partition coefficient (Wildman–Crippen LogP) is 4.14. The Kier molecular flexibility index (Phi) is 5.72. The van der Waals surface area contributed by atoms with Crippen LogP contribution in [0.2, 0.25) is 5.02 Å². The van der Waals surface area contributed by atoms with Gasteiger partial charge in [0.1, 0.15) is 5.76 Å². The maximum atomic E-state index is 5.93. The molecule has 1 saturated heterocycles. The second kappa shape index (κ2) is 8.18. The summed E-state index contributed by atoms with van der Waals surface area (Å²) in [5.41, 5.74) is 2.38. The van der Waals surface area contributed by atoms with Gasteiger partial charge in [0, 0.05) is 37.7 Å². The Morgan fingerprint density at radius 1 is 1.17 bits per heavy atom.